The van der Waals surface area contributed by atoms with Crippen LogP contribution < -0.4 is 0 Å². The molecule has 4 rings (SSSR count). The highest BCUT2D eigenvalue weighted by Gasteiger charge is 2.25. The van der Waals surface area contributed by atoms with Gasteiger partial charge in [-0.25, -0.2) is 4.52 Å². The van der Waals surface area contributed by atoms with Crippen molar-refractivity contribution in [3.63, 3.8) is 0 Å². The number of hydrogen-bond donors (Lipinski definition) is 0. The van der Waals surface area contributed by atoms with Crippen LogP contribution in [0.25, 0.3) is 17.0 Å². The molecule has 0 bridgehead atoms. The van der Waals surface area contributed by atoms with Crippen LogP contribution in [0.3, 0.4) is 0 Å². The number of rotatable bonds is 2. The summed E-state index contributed by atoms with van der Waals surface area (Å²) >= 11 is 0. The van der Waals surface area contributed by atoms with Gasteiger partial charge in [-0.15, -0.1) is 0 Å². The summed E-state index contributed by atoms with van der Waals surface area (Å²) in [6.45, 7) is 2.06. The Morgan fingerprint density at radius 3 is 3.05 bits per heavy atom. The van der Waals surface area contributed by atoms with E-state index in [1.54, 1.807) is 6.20 Å². The summed E-state index contributed by atoms with van der Waals surface area (Å²) in [4.78, 5) is 4.52. The van der Waals surface area contributed by atoms with Gasteiger partial charge in [-0.2, -0.15) is 10.1 Å². The number of aromatic nitrogens is 4. The number of nitrogens with zero attached hydrogens (tertiary/aromatic N) is 4. The Morgan fingerprint density at radius 1 is 1.37 bits per heavy atom. The van der Waals surface area contributed by atoms with Crippen molar-refractivity contribution in [2.75, 3.05) is 0 Å². The Hall–Kier alpha value is -2.17. The molecule has 3 aromatic rings. The molecule has 0 aliphatic heterocycles. The summed E-state index contributed by atoms with van der Waals surface area (Å²) in [5.74, 6) is 1.90. The van der Waals surface area contributed by atoms with Gasteiger partial charge < -0.3 is 4.52 Å². The van der Waals surface area contributed by atoms with Crippen LogP contribution in [0.2, 0.25) is 0 Å². The van der Waals surface area contributed by atoms with E-state index in [1.807, 2.05) is 16.8 Å². The van der Waals surface area contributed by atoms with Crippen LogP contribution in [0.4, 0.5) is 0 Å². The van der Waals surface area contributed by atoms with Crippen LogP contribution >= 0.6 is 0 Å². The first-order chi connectivity index (χ1) is 9.31. The Balaban J connectivity index is 1.80. The largest absolute Gasteiger partial charge is 0.334 e. The van der Waals surface area contributed by atoms with Crippen molar-refractivity contribution < 1.29 is 4.52 Å². The van der Waals surface area contributed by atoms with E-state index >= 15 is 0 Å². The maximum Gasteiger partial charge on any atom is 0.261 e. The predicted molar refractivity (Wildman–Crippen MR) is 69.8 cm³/mol. The summed E-state index contributed by atoms with van der Waals surface area (Å²) in [5.41, 5.74) is 3.10. The standard InChI is InChI=1S/C14H14N4O/c1-9-5-6-18-12(7-9)11(8-15-18)14-16-13(17-19-14)10-3-2-4-10/h5-8,10H,2-4H2,1H3. The predicted octanol–water partition coefficient (Wildman–Crippen LogP) is 2.96. The Labute approximate surface area is 110 Å². The van der Waals surface area contributed by atoms with Gasteiger partial charge in [0.25, 0.3) is 5.89 Å². The molecule has 1 aliphatic carbocycles. The third-order valence-electron chi connectivity index (χ3n) is 3.82. The topological polar surface area (TPSA) is 56.2 Å². The van der Waals surface area contributed by atoms with Gasteiger partial charge in [0.1, 0.15) is 0 Å². The van der Waals surface area contributed by atoms with Crippen LogP contribution in [0, 0.1) is 6.92 Å². The molecule has 0 amide bonds. The van der Waals surface area contributed by atoms with Crippen LogP contribution in [0.5, 0.6) is 0 Å². The third kappa shape index (κ3) is 1.65. The molecule has 0 atom stereocenters. The van der Waals surface area contributed by atoms with Gasteiger partial charge in [0.05, 0.1) is 17.3 Å². The number of hydrogen-bond acceptors (Lipinski definition) is 4. The molecule has 96 valence electrons. The first kappa shape index (κ1) is 10.7. The maximum absolute atomic E-state index is 5.40. The molecule has 1 fully saturated rings. The van der Waals surface area contributed by atoms with E-state index in [2.05, 4.69) is 28.2 Å². The molecule has 0 saturated heterocycles. The molecule has 0 radical (unpaired) electrons. The fourth-order valence-electron chi connectivity index (χ4n) is 2.43. The molecule has 5 nitrogen and oxygen atoms in total. The summed E-state index contributed by atoms with van der Waals surface area (Å²) in [6.07, 6.45) is 7.34. The summed E-state index contributed by atoms with van der Waals surface area (Å²) < 4.78 is 7.23. The van der Waals surface area contributed by atoms with Crippen molar-refractivity contribution in [3.05, 3.63) is 35.9 Å². The van der Waals surface area contributed by atoms with Crippen LogP contribution in [0.1, 0.15) is 36.6 Å². The molecule has 5 heteroatoms. The highest BCUT2D eigenvalue weighted by Crippen LogP contribution is 2.35. The molecule has 3 aromatic heterocycles. The van der Waals surface area contributed by atoms with Crippen molar-refractivity contribution in [3.8, 4) is 11.5 Å². The zero-order chi connectivity index (χ0) is 12.8. The molecule has 0 aromatic carbocycles. The Morgan fingerprint density at radius 2 is 2.26 bits per heavy atom. The summed E-state index contributed by atoms with van der Waals surface area (Å²) in [6, 6.07) is 4.10. The van der Waals surface area contributed by atoms with E-state index in [-0.39, 0.29) is 0 Å². The van der Waals surface area contributed by atoms with Crippen molar-refractivity contribution in [1.82, 2.24) is 19.8 Å². The third-order valence-corrected chi connectivity index (χ3v) is 3.82. The van der Waals surface area contributed by atoms with Gasteiger partial charge >= 0.3 is 0 Å². The minimum atomic E-state index is 0.487. The van der Waals surface area contributed by atoms with Gasteiger partial charge in [-0.3, -0.25) is 0 Å². The summed E-state index contributed by atoms with van der Waals surface area (Å²) in [5, 5.41) is 8.41. The fraction of sp³-hybridized carbons (Fsp3) is 0.357. The van der Waals surface area contributed by atoms with Crippen molar-refractivity contribution in [2.45, 2.75) is 32.1 Å². The molecule has 1 saturated carbocycles. The summed E-state index contributed by atoms with van der Waals surface area (Å²) in [7, 11) is 0. The monoisotopic (exact) mass is 254 g/mol. The normalized spacial score (nSPS) is 15.8. The minimum absolute atomic E-state index is 0.487. The number of aryl methyl sites for hydroxylation is 1. The molecular weight excluding hydrogens is 240 g/mol. The first-order valence-corrected chi connectivity index (χ1v) is 6.59. The lowest BCUT2D eigenvalue weighted by atomic mass is 9.85. The van der Waals surface area contributed by atoms with Crippen molar-refractivity contribution in [2.24, 2.45) is 0 Å². The van der Waals surface area contributed by atoms with E-state index in [1.165, 1.54) is 24.8 Å². The fourth-order valence-corrected chi connectivity index (χ4v) is 2.43. The van der Waals surface area contributed by atoms with E-state index in [9.17, 15) is 0 Å². The van der Waals surface area contributed by atoms with Gasteiger partial charge in [0.15, 0.2) is 5.82 Å². The molecule has 0 unspecified atom stereocenters. The SMILES string of the molecule is Cc1ccn2ncc(-c3nc(C4CCC4)no3)c2c1. The van der Waals surface area contributed by atoms with E-state index in [0.717, 1.165) is 16.9 Å². The van der Waals surface area contributed by atoms with Gasteiger partial charge in [0.2, 0.25) is 0 Å². The molecule has 0 spiro atoms. The Kier molecular flexibility index (Phi) is 2.21. The Bertz CT molecular complexity index is 739. The van der Waals surface area contributed by atoms with E-state index < -0.39 is 0 Å². The van der Waals surface area contributed by atoms with Crippen molar-refractivity contribution in [1.29, 1.82) is 0 Å². The van der Waals surface area contributed by atoms with Gasteiger partial charge in [0, 0.05) is 12.1 Å². The second-order valence-electron chi connectivity index (χ2n) is 5.18. The lowest BCUT2D eigenvalue weighted by molar-refractivity contribution is 0.366. The molecule has 19 heavy (non-hydrogen) atoms. The molecule has 1 aliphatic rings. The van der Waals surface area contributed by atoms with E-state index in [0.29, 0.717) is 11.8 Å². The highest BCUT2D eigenvalue weighted by molar-refractivity contribution is 5.75. The van der Waals surface area contributed by atoms with Crippen LogP contribution in [-0.2, 0) is 0 Å². The second kappa shape index (κ2) is 3.91. The smallest absolute Gasteiger partial charge is 0.261 e. The molecule has 0 N–H and O–H groups in total. The maximum atomic E-state index is 5.40. The minimum Gasteiger partial charge on any atom is -0.334 e. The van der Waals surface area contributed by atoms with Crippen LogP contribution in [0.15, 0.2) is 29.0 Å². The zero-order valence-electron chi connectivity index (χ0n) is 10.7. The highest BCUT2D eigenvalue weighted by atomic mass is 16.5. The van der Waals surface area contributed by atoms with Gasteiger partial charge in [-0.1, -0.05) is 11.6 Å². The van der Waals surface area contributed by atoms with Crippen LogP contribution in [-0.4, -0.2) is 19.8 Å². The van der Waals surface area contributed by atoms with E-state index in [4.69, 9.17) is 4.52 Å². The molecule has 3 heterocycles. The molecular formula is C14H14N4O. The lowest BCUT2D eigenvalue weighted by Gasteiger charge is -2.20. The number of fused-ring (bicyclic) bond motifs is 1. The second-order valence-corrected chi connectivity index (χ2v) is 5.18. The lowest BCUT2D eigenvalue weighted by Crippen LogP contribution is -2.10. The number of pyridine rings is 1. The first-order valence-electron chi connectivity index (χ1n) is 6.59. The van der Waals surface area contributed by atoms with Gasteiger partial charge in [-0.05, 0) is 37.5 Å². The quantitative estimate of drug-likeness (QED) is 0.705. The zero-order valence-corrected chi connectivity index (χ0v) is 10.7. The van der Waals surface area contributed by atoms with Crippen molar-refractivity contribution >= 4 is 5.52 Å². The average molecular weight is 254 g/mol. The average Bonchev–Trinajstić information content (AvgIpc) is 2.92.